The van der Waals surface area contributed by atoms with Crippen LogP contribution in [-0.4, -0.2) is 6.54 Å². The Morgan fingerprint density at radius 3 is 2.62 bits per heavy atom. The average Bonchev–Trinajstić information content (AvgIpc) is 3.03. The van der Waals surface area contributed by atoms with Crippen LogP contribution in [0.5, 0.6) is 0 Å². The molecule has 2 aliphatic rings. The molecule has 2 bridgehead atoms. The Balaban J connectivity index is 1.92. The molecule has 1 aromatic rings. The lowest BCUT2D eigenvalue weighted by atomic mass is 9.79. The summed E-state index contributed by atoms with van der Waals surface area (Å²) in [5.74, 6) is 2.33. The van der Waals surface area contributed by atoms with E-state index in [4.69, 9.17) is 0 Å². The molecule has 116 valence electrons. The molecule has 0 saturated heterocycles. The van der Waals surface area contributed by atoms with Gasteiger partial charge in [0.2, 0.25) is 0 Å². The number of hydrogen-bond donors (Lipinski definition) is 1. The van der Waals surface area contributed by atoms with Gasteiger partial charge >= 0.3 is 0 Å². The zero-order valence-corrected chi connectivity index (χ0v) is 13.6. The number of fused-ring (bicyclic) bond motifs is 2. The first kappa shape index (κ1) is 15.0. The van der Waals surface area contributed by atoms with Gasteiger partial charge in [0.1, 0.15) is 5.82 Å². The van der Waals surface area contributed by atoms with E-state index in [1.165, 1.54) is 25.7 Å². The number of halogens is 1. The lowest BCUT2D eigenvalue weighted by molar-refractivity contribution is 0.246. The Morgan fingerprint density at radius 2 is 2.05 bits per heavy atom. The van der Waals surface area contributed by atoms with E-state index >= 15 is 0 Å². The molecule has 0 spiro atoms. The summed E-state index contributed by atoms with van der Waals surface area (Å²) in [7, 11) is 0. The first-order valence-corrected chi connectivity index (χ1v) is 8.60. The molecular weight excluding hydrogens is 261 g/mol. The SMILES string of the molecule is CCCNC(c1c(C)cc(C)cc1F)C1CC2CCC1C2. The third-order valence-corrected chi connectivity index (χ3v) is 5.63. The van der Waals surface area contributed by atoms with Crippen LogP contribution in [-0.2, 0) is 0 Å². The quantitative estimate of drug-likeness (QED) is 0.811. The molecule has 21 heavy (non-hydrogen) atoms. The Hall–Kier alpha value is -0.890. The first-order valence-electron chi connectivity index (χ1n) is 8.60. The van der Waals surface area contributed by atoms with Crippen LogP contribution in [0.25, 0.3) is 0 Å². The van der Waals surface area contributed by atoms with Crippen molar-refractivity contribution in [2.24, 2.45) is 17.8 Å². The van der Waals surface area contributed by atoms with Gasteiger partial charge in [-0.1, -0.05) is 19.4 Å². The maximum absolute atomic E-state index is 14.6. The second kappa shape index (κ2) is 6.08. The zero-order valence-electron chi connectivity index (χ0n) is 13.6. The monoisotopic (exact) mass is 289 g/mol. The number of hydrogen-bond acceptors (Lipinski definition) is 1. The third-order valence-electron chi connectivity index (χ3n) is 5.63. The molecule has 2 heteroatoms. The Labute approximate surface area is 128 Å². The first-order chi connectivity index (χ1) is 10.1. The van der Waals surface area contributed by atoms with Gasteiger partial charge in [-0.25, -0.2) is 4.39 Å². The third kappa shape index (κ3) is 2.88. The summed E-state index contributed by atoms with van der Waals surface area (Å²) >= 11 is 0. The lowest BCUT2D eigenvalue weighted by Crippen LogP contribution is -2.33. The molecule has 1 N–H and O–H groups in total. The van der Waals surface area contributed by atoms with Crippen LogP contribution in [0.4, 0.5) is 4.39 Å². The van der Waals surface area contributed by atoms with E-state index in [2.05, 4.69) is 25.2 Å². The maximum atomic E-state index is 14.6. The van der Waals surface area contributed by atoms with Gasteiger partial charge < -0.3 is 5.32 Å². The minimum Gasteiger partial charge on any atom is -0.310 e. The molecule has 1 nitrogen and oxygen atoms in total. The second-order valence-corrected chi connectivity index (χ2v) is 7.25. The fraction of sp³-hybridized carbons (Fsp3) is 0.684. The molecule has 0 aromatic heterocycles. The van der Waals surface area contributed by atoms with E-state index in [0.717, 1.165) is 41.5 Å². The van der Waals surface area contributed by atoms with Gasteiger partial charge in [-0.15, -0.1) is 0 Å². The van der Waals surface area contributed by atoms with Crippen LogP contribution in [0.2, 0.25) is 0 Å². The second-order valence-electron chi connectivity index (χ2n) is 7.25. The van der Waals surface area contributed by atoms with E-state index in [0.29, 0.717) is 5.92 Å². The highest BCUT2D eigenvalue weighted by molar-refractivity contribution is 5.35. The van der Waals surface area contributed by atoms with Gasteiger partial charge in [-0.3, -0.25) is 0 Å². The molecule has 2 fully saturated rings. The molecule has 3 rings (SSSR count). The minimum atomic E-state index is -0.0103. The van der Waals surface area contributed by atoms with Crippen molar-refractivity contribution >= 4 is 0 Å². The van der Waals surface area contributed by atoms with E-state index in [1.807, 2.05) is 6.92 Å². The molecule has 0 aliphatic heterocycles. The molecule has 4 atom stereocenters. The van der Waals surface area contributed by atoms with Crippen LogP contribution >= 0.6 is 0 Å². The molecule has 1 aromatic carbocycles. The molecule has 4 unspecified atom stereocenters. The average molecular weight is 289 g/mol. The van der Waals surface area contributed by atoms with Crippen LogP contribution in [0.3, 0.4) is 0 Å². The van der Waals surface area contributed by atoms with Crippen molar-refractivity contribution < 1.29 is 4.39 Å². The highest BCUT2D eigenvalue weighted by Gasteiger charge is 2.44. The molecular formula is C19H28FN. The number of rotatable bonds is 5. The summed E-state index contributed by atoms with van der Waals surface area (Å²) in [6.45, 7) is 7.21. The van der Waals surface area contributed by atoms with Gasteiger partial charge in [-0.2, -0.15) is 0 Å². The van der Waals surface area contributed by atoms with Crippen molar-refractivity contribution in [1.82, 2.24) is 5.32 Å². The van der Waals surface area contributed by atoms with Crippen molar-refractivity contribution in [3.8, 4) is 0 Å². The van der Waals surface area contributed by atoms with Crippen molar-refractivity contribution in [2.75, 3.05) is 6.54 Å². The fourth-order valence-electron chi connectivity index (χ4n) is 4.79. The summed E-state index contributed by atoms with van der Waals surface area (Å²) in [6.07, 6.45) is 6.52. The van der Waals surface area contributed by atoms with Crippen molar-refractivity contribution in [1.29, 1.82) is 0 Å². The molecule has 2 aliphatic carbocycles. The fourth-order valence-corrected chi connectivity index (χ4v) is 4.79. The number of nitrogens with one attached hydrogen (secondary N) is 1. The molecule has 0 radical (unpaired) electrons. The topological polar surface area (TPSA) is 12.0 Å². The van der Waals surface area contributed by atoms with E-state index in [-0.39, 0.29) is 11.9 Å². The normalized spacial score (nSPS) is 29.0. The largest absolute Gasteiger partial charge is 0.310 e. The maximum Gasteiger partial charge on any atom is 0.128 e. The number of benzene rings is 1. The Bertz CT molecular complexity index is 487. The standard InChI is InChI=1S/C19H28FN/c1-4-7-21-19(16-11-14-5-6-15(16)10-14)18-13(3)8-12(2)9-17(18)20/h8-9,14-16,19,21H,4-7,10-11H2,1-3H3. The Morgan fingerprint density at radius 1 is 1.24 bits per heavy atom. The summed E-state index contributed by atoms with van der Waals surface area (Å²) < 4.78 is 14.6. The van der Waals surface area contributed by atoms with Crippen LogP contribution in [0.15, 0.2) is 12.1 Å². The highest BCUT2D eigenvalue weighted by atomic mass is 19.1. The lowest BCUT2D eigenvalue weighted by Gasteiger charge is -2.33. The molecule has 0 heterocycles. The smallest absolute Gasteiger partial charge is 0.128 e. The predicted molar refractivity (Wildman–Crippen MR) is 85.8 cm³/mol. The van der Waals surface area contributed by atoms with Crippen molar-refractivity contribution in [2.45, 2.75) is 58.9 Å². The van der Waals surface area contributed by atoms with Gasteiger partial charge in [-0.05, 0) is 81.0 Å². The highest BCUT2D eigenvalue weighted by Crippen LogP contribution is 2.53. The van der Waals surface area contributed by atoms with Crippen LogP contribution in [0, 0.1) is 37.4 Å². The summed E-state index contributed by atoms with van der Waals surface area (Å²) in [4.78, 5) is 0. The van der Waals surface area contributed by atoms with Crippen molar-refractivity contribution in [3.63, 3.8) is 0 Å². The van der Waals surface area contributed by atoms with E-state index < -0.39 is 0 Å². The van der Waals surface area contributed by atoms with Crippen LogP contribution < -0.4 is 5.32 Å². The zero-order chi connectivity index (χ0) is 15.0. The Kier molecular flexibility index (Phi) is 4.35. The minimum absolute atomic E-state index is 0.0103. The van der Waals surface area contributed by atoms with E-state index in [9.17, 15) is 4.39 Å². The predicted octanol–water partition coefficient (Wildman–Crippen LogP) is 4.92. The summed E-state index contributed by atoms with van der Waals surface area (Å²) in [5.41, 5.74) is 3.08. The van der Waals surface area contributed by atoms with Gasteiger partial charge in [0.15, 0.2) is 0 Å². The van der Waals surface area contributed by atoms with Crippen molar-refractivity contribution in [3.05, 3.63) is 34.6 Å². The summed E-state index contributed by atoms with van der Waals surface area (Å²) in [5, 5.41) is 3.67. The molecule has 2 saturated carbocycles. The summed E-state index contributed by atoms with van der Waals surface area (Å²) in [6, 6.07) is 4.04. The molecule has 0 amide bonds. The van der Waals surface area contributed by atoms with Gasteiger partial charge in [0.05, 0.1) is 0 Å². The van der Waals surface area contributed by atoms with Gasteiger partial charge in [0.25, 0.3) is 0 Å². The van der Waals surface area contributed by atoms with E-state index in [1.54, 1.807) is 6.07 Å². The van der Waals surface area contributed by atoms with Crippen LogP contribution in [0.1, 0.15) is 61.8 Å². The number of aryl methyl sites for hydroxylation is 2. The van der Waals surface area contributed by atoms with Gasteiger partial charge in [0, 0.05) is 11.6 Å².